The van der Waals surface area contributed by atoms with Gasteiger partial charge in [0.1, 0.15) is 5.75 Å². The highest BCUT2D eigenvalue weighted by atomic mass is 16.5. The number of aryl methyl sites for hydroxylation is 1. The summed E-state index contributed by atoms with van der Waals surface area (Å²) in [4.78, 5) is 18.0. The van der Waals surface area contributed by atoms with E-state index in [4.69, 9.17) is 4.74 Å². The van der Waals surface area contributed by atoms with Gasteiger partial charge in [-0.1, -0.05) is 12.1 Å². The minimum absolute atomic E-state index is 0.152. The summed E-state index contributed by atoms with van der Waals surface area (Å²) in [6, 6.07) is 5.63. The Morgan fingerprint density at radius 2 is 2.19 bits per heavy atom. The molecule has 1 heterocycles. The molecule has 0 bridgehead atoms. The zero-order valence-corrected chi connectivity index (χ0v) is 9.15. The quantitative estimate of drug-likeness (QED) is 0.832. The number of aromatic amines is 1. The van der Waals surface area contributed by atoms with Crippen LogP contribution in [0.3, 0.4) is 0 Å². The number of hydrogen-bond donors (Lipinski definition) is 1. The molecule has 1 N–H and O–H groups in total. The molecule has 0 aliphatic carbocycles. The van der Waals surface area contributed by atoms with Gasteiger partial charge in [-0.3, -0.25) is 4.79 Å². The fourth-order valence-electron chi connectivity index (χ4n) is 1.54. The van der Waals surface area contributed by atoms with Crippen molar-refractivity contribution in [2.45, 2.75) is 6.92 Å². The van der Waals surface area contributed by atoms with Crippen LogP contribution in [-0.4, -0.2) is 17.1 Å². The third kappa shape index (κ3) is 1.82. The molecule has 0 fully saturated rings. The van der Waals surface area contributed by atoms with E-state index in [0.717, 1.165) is 16.9 Å². The Balaban J connectivity index is 2.57. The zero-order chi connectivity index (χ0) is 11.5. The SMILES string of the molecule is COc1cc(-c2cnc[nH]c2=O)ccc1C. The van der Waals surface area contributed by atoms with Crippen molar-refractivity contribution in [3.8, 4) is 16.9 Å². The molecule has 0 spiro atoms. The lowest BCUT2D eigenvalue weighted by atomic mass is 10.1. The van der Waals surface area contributed by atoms with Crippen LogP contribution in [0.15, 0.2) is 35.5 Å². The van der Waals surface area contributed by atoms with Crippen LogP contribution < -0.4 is 10.3 Å². The first kappa shape index (κ1) is 10.4. The minimum Gasteiger partial charge on any atom is -0.496 e. The lowest BCUT2D eigenvalue weighted by molar-refractivity contribution is 0.412. The Morgan fingerprint density at radius 3 is 2.88 bits per heavy atom. The summed E-state index contributed by atoms with van der Waals surface area (Å²) in [6.07, 6.45) is 2.92. The molecule has 0 amide bonds. The van der Waals surface area contributed by atoms with Crippen LogP contribution in [0.25, 0.3) is 11.1 Å². The van der Waals surface area contributed by atoms with Crippen LogP contribution in [0.4, 0.5) is 0 Å². The van der Waals surface area contributed by atoms with Crippen molar-refractivity contribution in [3.63, 3.8) is 0 Å². The average molecular weight is 216 g/mol. The molecule has 0 aliphatic rings. The van der Waals surface area contributed by atoms with E-state index in [9.17, 15) is 4.79 Å². The highest BCUT2D eigenvalue weighted by molar-refractivity contribution is 5.64. The summed E-state index contributed by atoms with van der Waals surface area (Å²) in [5.41, 5.74) is 2.23. The second kappa shape index (κ2) is 4.18. The second-order valence-corrected chi connectivity index (χ2v) is 3.48. The van der Waals surface area contributed by atoms with Crippen molar-refractivity contribution < 1.29 is 4.74 Å². The van der Waals surface area contributed by atoms with Crippen LogP contribution in [0.5, 0.6) is 5.75 Å². The van der Waals surface area contributed by atoms with E-state index >= 15 is 0 Å². The van der Waals surface area contributed by atoms with E-state index in [1.807, 2.05) is 25.1 Å². The number of hydrogen-bond acceptors (Lipinski definition) is 3. The van der Waals surface area contributed by atoms with Gasteiger partial charge in [0.2, 0.25) is 0 Å². The van der Waals surface area contributed by atoms with Crippen LogP contribution in [0.2, 0.25) is 0 Å². The number of benzene rings is 1. The lowest BCUT2D eigenvalue weighted by Gasteiger charge is -2.06. The number of aromatic nitrogens is 2. The van der Waals surface area contributed by atoms with Gasteiger partial charge in [-0.05, 0) is 24.1 Å². The molecule has 1 aromatic heterocycles. The van der Waals surface area contributed by atoms with Gasteiger partial charge in [-0.25, -0.2) is 4.98 Å². The first-order chi connectivity index (χ1) is 7.72. The van der Waals surface area contributed by atoms with E-state index in [0.29, 0.717) is 5.56 Å². The predicted molar refractivity (Wildman–Crippen MR) is 61.6 cm³/mol. The van der Waals surface area contributed by atoms with E-state index in [1.54, 1.807) is 13.3 Å². The third-order valence-corrected chi connectivity index (χ3v) is 2.44. The number of H-pyrrole nitrogens is 1. The van der Waals surface area contributed by atoms with Gasteiger partial charge in [0, 0.05) is 6.20 Å². The van der Waals surface area contributed by atoms with Gasteiger partial charge in [0.05, 0.1) is 19.0 Å². The molecule has 2 rings (SSSR count). The monoisotopic (exact) mass is 216 g/mol. The van der Waals surface area contributed by atoms with Crippen LogP contribution in [0.1, 0.15) is 5.56 Å². The van der Waals surface area contributed by atoms with Gasteiger partial charge in [-0.15, -0.1) is 0 Å². The predicted octanol–water partition coefficient (Wildman–Crippen LogP) is 1.75. The van der Waals surface area contributed by atoms with E-state index < -0.39 is 0 Å². The molecule has 82 valence electrons. The lowest BCUT2D eigenvalue weighted by Crippen LogP contribution is -2.08. The Labute approximate surface area is 92.9 Å². The van der Waals surface area contributed by atoms with Gasteiger partial charge in [-0.2, -0.15) is 0 Å². The molecule has 0 aliphatic heterocycles. The number of nitrogens with zero attached hydrogens (tertiary/aromatic N) is 1. The number of ether oxygens (including phenoxy) is 1. The van der Waals surface area contributed by atoms with Gasteiger partial charge in [0.15, 0.2) is 0 Å². The molecule has 2 aromatic rings. The number of rotatable bonds is 2. The van der Waals surface area contributed by atoms with Crippen molar-refractivity contribution in [2.75, 3.05) is 7.11 Å². The fourth-order valence-corrected chi connectivity index (χ4v) is 1.54. The van der Waals surface area contributed by atoms with Crippen LogP contribution in [-0.2, 0) is 0 Å². The minimum atomic E-state index is -0.152. The number of methoxy groups -OCH3 is 1. The average Bonchev–Trinajstić information content (AvgIpc) is 2.31. The first-order valence-electron chi connectivity index (χ1n) is 4.90. The van der Waals surface area contributed by atoms with Crippen molar-refractivity contribution in [1.82, 2.24) is 9.97 Å². The fraction of sp³-hybridized carbons (Fsp3) is 0.167. The summed E-state index contributed by atoms with van der Waals surface area (Å²) in [5.74, 6) is 0.765. The van der Waals surface area contributed by atoms with E-state index in [1.165, 1.54) is 6.33 Å². The van der Waals surface area contributed by atoms with Crippen molar-refractivity contribution in [1.29, 1.82) is 0 Å². The summed E-state index contributed by atoms with van der Waals surface area (Å²) in [5, 5.41) is 0. The molecule has 0 saturated heterocycles. The Hall–Kier alpha value is -2.10. The molecule has 0 radical (unpaired) electrons. The number of nitrogens with one attached hydrogen (secondary N) is 1. The Bertz CT molecular complexity index is 561. The van der Waals surface area contributed by atoms with Crippen LogP contribution >= 0.6 is 0 Å². The van der Waals surface area contributed by atoms with Gasteiger partial charge >= 0.3 is 0 Å². The largest absolute Gasteiger partial charge is 0.496 e. The first-order valence-corrected chi connectivity index (χ1v) is 4.90. The molecule has 4 heteroatoms. The Kier molecular flexibility index (Phi) is 2.72. The third-order valence-electron chi connectivity index (χ3n) is 2.44. The maximum absolute atomic E-state index is 11.6. The standard InChI is InChI=1S/C12H12N2O2/c1-8-3-4-9(5-11(8)16-2)10-6-13-7-14-12(10)15/h3-7H,1-2H3,(H,13,14,15). The summed E-state index contributed by atoms with van der Waals surface area (Å²) in [7, 11) is 1.61. The molecule has 0 unspecified atom stereocenters. The van der Waals surface area contributed by atoms with E-state index in [2.05, 4.69) is 9.97 Å². The van der Waals surface area contributed by atoms with Crippen LogP contribution in [0, 0.1) is 6.92 Å². The molecule has 16 heavy (non-hydrogen) atoms. The molecule has 0 atom stereocenters. The van der Waals surface area contributed by atoms with E-state index in [-0.39, 0.29) is 5.56 Å². The smallest absolute Gasteiger partial charge is 0.258 e. The van der Waals surface area contributed by atoms with Gasteiger partial charge < -0.3 is 9.72 Å². The molecule has 0 saturated carbocycles. The van der Waals surface area contributed by atoms with Crippen molar-refractivity contribution in [2.24, 2.45) is 0 Å². The highest BCUT2D eigenvalue weighted by Gasteiger charge is 2.05. The maximum atomic E-state index is 11.6. The topological polar surface area (TPSA) is 55.0 Å². The summed E-state index contributed by atoms with van der Waals surface area (Å²) in [6.45, 7) is 1.95. The molecule has 1 aromatic carbocycles. The summed E-state index contributed by atoms with van der Waals surface area (Å²) < 4.78 is 5.21. The molecular weight excluding hydrogens is 204 g/mol. The van der Waals surface area contributed by atoms with Crippen molar-refractivity contribution in [3.05, 3.63) is 46.6 Å². The molecular formula is C12H12N2O2. The normalized spacial score (nSPS) is 10.1. The van der Waals surface area contributed by atoms with Gasteiger partial charge in [0.25, 0.3) is 5.56 Å². The second-order valence-electron chi connectivity index (χ2n) is 3.48. The Morgan fingerprint density at radius 1 is 1.38 bits per heavy atom. The zero-order valence-electron chi connectivity index (χ0n) is 9.15. The highest BCUT2D eigenvalue weighted by Crippen LogP contribution is 2.24. The van der Waals surface area contributed by atoms with Crippen molar-refractivity contribution >= 4 is 0 Å². The summed E-state index contributed by atoms with van der Waals surface area (Å²) >= 11 is 0. The molecule has 4 nitrogen and oxygen atoms in total. The maximum Gasteiger partial charge on any atom is 0.258 e.